The van der Waals surface area contributed by atoms with Gasteiger partial charge in [0, 0.05) is 25.0 Å². The normalized spacial score (nSPS) is 22.3. The van der Waals surface area contributed by atoms with Gasteiger partial charge in [0.2, 0.25) is 17.7 Å². The number of para-hydroxylation sites is 1. The van der Waals surface area contributed by atoms with Gasteiger partial charge in [-0.2, -0.15) is 0 Å². The van der Waals surface area contributed by atoms with E-state index in [1.54, 1.807) is 30.8 Å². The summed E-state index contributed by atoms with van der Waals surface area (Å²) in [7, 11) is 0. The van der Waals surface area contributed by atoms with Crippen LogP contribution < -0.4 is 26.0 Å². The molecule has 1 aromatic heterocycles. The Bertz CT molecular complexity index is 1440. The second-order valence-corrected chi connectivity index (χ2v) is 11.7. The number of phenols is 1. The third-order valence-corrected chi connectivity index (χ3v) is 7.64. The monoisotopic (exact) mass is 625 g/mol. The molecule has 4 atom stereocenters. The summed E-state index contributed by atoms with van der Waals surface area (Å²) in [6.07, 6.45) is 4.69. The van der Waals surface area contributed by atoms with Gasteiger partial charge in [0.1, 0.15) is 24.4 Å². The van der Waals surface area contributed by atoms with E-state index in [9.17, 15) is 28.3 Å². The van der Waals surface area contributed by atoms with E-state index in [0.29, 0.717) is 25.1 Å². The van der Waals surface area contributed by atoms with Crippen LogP contribution >= 0.6 is 0 Å². The zero-order chi connectivity index (χ0) is 32.5. The van der Waals surface area contributed by atoms with Gasteiger partial charge < -0.3 is 30.4 Å². The Labute approximate surface area is 261 Å². The number of ether oxygens (including phenoxy) is 1. The van der Waals surface area contributed by atoms with Gasteiger partial charge in [0.15, 0.2) is 17.4 Å². The zero-order valence-electron chi connectivity index (χ0n) is 25.7. The van der Waals surface area contributed by atoms with Crippen molar-refractivity contribution in [2.45, 2.75) is 70.7 Å². The molecule has 5 N–H and O–H groups in total. The minimum Gasteiger partial charge on any atom is -0.503 e. The van der Waals surface area contributed by atoms with Crippen LogP contribution in [0, 0.1) is 17.6 Å². The van der Waals surface area contributed by atoms with Crippen molar-refractivity contribution in [2.24, 2.45) is 5.92 Å². The molecule has 1 aliphatic heterocycles. The molecular formula is C33H41F2N5O5. The first-order chi connectivity index (χ1) is 21.5. The van der Waals surface area contributed by atoms with E-state index >= 15 is 0 Å². The maximum atomic E-state index is 14.2. The highest BCUT2D eigenvalue weighted by Gasteiger charge is 2.32. The molecule has 0 spiro atoms. The summed E-state index contributed by atoms with van der Waals surface area (Å²) in [4.78, 5) is 40.6. The number of benzene rings is 2. The lowest BCUT2D eigenvalue weighted by Crippen LogP contribution is -2.59. The highest BCUT2D eigenvalue weighted by atomic mass is 19.1. The van der Waals surface area contributed by atoms with E-state index in [1.165, 1.54) is 0 Å². The van der Waals surface area contributed by atoms with Crippen molar-refractivity contribution in [2.75, 3.05) is 13.2 Å². The molecule has 0 radical (unpaired) electrons. The molecule has 0 aliphatic carbocycles. The standard InChI is InChI=1S/C33H41F2N5O5/c1-20(2)29-33(44)38-27(18-40-13-6-7-14-40)31(42)36-12-8-10-23-9-4-5-11-28(23)45-19-21(3)37-26(32(43)39-29)17-22-15-24(34)30(41)25(35)16-22/h4-7,9,11,13-16,20-21,26-27,29,37,41H,8,10,12,17-19H2,1-3H3,(H,36,42)(H,38,44)(H,39,43)/t21-,26+,27-,29+/m0/s1. The van der Waals surface area contributed by atoms with Crippen molar-refractivity contribution >= 4 is 17.7 Å². The fourth-order valence-electron chi connectivity index (χ4n) is 5.22. The van der Waals surface area contributed by atoms with Gasteiger partial charge in [-0.3, -0.25) is 19.7 Å². The second-order valence-electron chi connectivity index (χ2n) is 11.7. The summed E-state index contributed by atoms with van der Waals surface area (Å²) >= 11 is 0. The SMILES string of the molecule is CC(C)[C@H]1NC(=O)[C@@H](Cc2cc(F)c(O)c(F)c2)N[C@@H](C)COc2ccccc2CCCNC(=O)[C@H](Cn2cccc2)NC1=O. The predicted octanol–water partition coefficient (Wildman–Crippen LogP) is 2.83. The molecule has 0 unspecified atom stereocenters. The number of halogens is 2. The van der Waals surface area contributed by atoms with E-state index in [0.717, 1.165) is 17.7 Å². The summed E-state index contributed by atoms with van der Waals surface area (Å²) < 4.78 is 36.3. The molecule has 0 saturated carbocycles. The lowest BCUT2D eigenvalue weighted by atomic mass is 10.00. The number of aryl methyl sites for hydroxylation is 1. The summed E-state index contributed by atoms with van der Waals surface area (Å²) in [5.41, 5.74) is 1.08. The minimum atomic E-state index is -1.15. The van der Waals surface area contributed by atoms with Crippen LogP contribution in [0.15, 0.2) is 60.9 Å². The Kier molecular flexibility index (Phi) is 11.5. The Morgan fingerprint density at radius 3 is 2.33 bits per heavy atom. The molecule has 0 saturated heterocycles. The van der Waals surface area contributed by atoms with E-state index in [1.807, 2.05) is 43.3 Å². The van der Waals surface area contributed by atoms with E-state index in [4.69, 9.17) is 4.74 Å². The second kappa shape index (κ2) is 15.5. The van der Waals surface area contributed by atoms with Crippen LogP contribution in [-0.4, -0.2) is 64.7 Å². The van der Waals surface area contributed by atoms with Gasteiger partial charge >= 0.3 is 0 Å². The van der Waals surface area contributed by atoms with Gasteiger partial charge in [0.25, 0.3) is 0 Å². The quantitative estimate of drug-likeness (QED) is 0.296. The van der Waals surface area contributed by atoms with Gasteiger partial charge in [-0.25, -0.2) is 8.78 Å². The van der Waals surface area contributed by atoms with E-state index in [2.05, 4.69) is 21.3 Å². The Balaban J connectivity index is 1.64. The van der Waals surface area contributed by atoms with Crippen LogP contribution in [0.25, 0.3) is 0 Å². The smallest absolute Gasteiger partial charge is 0.244 e. The van der Waals surface area contributed by atoms with Crippen LogP contribution in [0.1, 0.15) is 38.3 Å². The number of hydrogen-bond acceptors (Lipinski definition) is 6. The van der Waals surface area contributed by atoms with Crippen molar-refractivity contribution in [3.05, 3.63) is 83.7 Å². The first-order valence-corrected chi connectivity index (χ1v) is 15.1. The van der Waals surface area contributed by atoms with Crippen LogP contribution in [0.2, 0.25) is 0 Å². The summed E-state index contributed by atoms with van der Waals surface area (Å²) in [6.45, 7) is 6.07. The maximum absolute atomic E-state index is 14.2. The van der Waals surface area contributed by atoms with Crippen molar-refractivity contribution < 1.29 is 33.0 Å². The summed E-state index contributed by atoms with van der Waals surface area (Å²) in [5.74, 6) is -4.58. The lowest BCUT2D eigenvalue weighted by molar-refractivity contribution is -0.133. The number of phenolic OH excluding ortho intramolecular Hbond substituents is 1. The number of hydrogen-bond donors (Lipinski definition) is 5. The molecule has 4 rings (SSSR count). The number of aromatic nitrogens is 1. The number of rotatable bonds is 5. The molecule has 0 fully saturated rings. The molecule has 2 aromatic carbocycles. The van der Waals surface area contributed by atoms with Gasteiger partial charge in [-0.1, -0.05) is 32.0 Å². The highest BCUT2D eigenvalue weighted by molar-refractivity contribution is 5.93. The molecule has 3 aromatic rings. The minimum absolute atomic E-state index is 0.130. The molecule has 1 aliphatic rings. The van der Waals surface area contributed by atoms with E-state index in [-0.39, 0.29) is 37.0 Å². The number of fused-ring (bicyclic) bond motifs is 1. The van der Waals surface area contributed by atoms with Crippen molar-refractivity contribution in [3.8, 4) is 11.5 Å². The average molecular weight is 626 g/mol. The molecule has 10 nitrogen and oxygen atoms in total. The third-order valence-electron chi connectivity index (χ3n) is 7.64. The molecule has 3 amide bonds. The van der Waals surface area contributed by atoms with Crippen LogP contribution in [0.4, 0.5) is 8.78 Å². The Morgan fingerprint density at radius 1 is 0.956 bits per heavy atom. The maximum Gasteiger partial charge on any atom is 0.244 e. The molecule has 12 heteroatoms. The molecule has 45 heavy (non-hydrogen) atoms. The largest absolute Gasteiger partial charge is 0.503 e. The van der Waals surface area contributed by atoms with Crippen molar-refractivity contribution in [1.29, 1.82) is 0 Å². The topological polar surface area (TPSA) is 134 Å². The fourth-order valence-corrected chi connectivity index (χ4v) is 5.22. The van der Waals surface area contributed by atoms with Crippen molar-refractivity contribution in [1.82, 2.24) is 25.8 Å². The predicted molar refractivity (Wildman–Crippen MR) is 165 cm³/mol. The molecular weight excluding hydrogens is 584 g/mol. The first kappa shape index (κ1) is 33.4. The van der Waals surface area contributed by atoms with Gasteiger partial charge in [-0.05, 0) is 73.6 Å². The number of nitrogens with zero attached hydrogens (tertiary/aromatic N) is 1. The average Bonchev–Trinajstić information content (AvgIpc) is 3.51. The molecule has 242 valence electrons. The Hall–Kier alpha value is -4.45. The van der Waals surface area contributed by atoms with Crippen LogP contribution in [0.5, 0.6) is 11.5 Å². The fraction of sp³-hybridized carbons (Fsp3) is 0.424. The third kappa shape index (κ3) is 9.27. The molecule has 2 heterocycles. The first-order valence-electron chi connectivity index (χ1n) is 15.1. The van der Waals surface area contributed by atoms with E-state index < -0.39 is 53.4 Å². The highest BCUT2D eigenvalue weighted by Crippen LogP contribution is 2.23. The van der Waals surface area contributed by atoms with Gasteiger partial charge in [0.05, 0.1) is 12.6 Å². The number of aromatic hydroxyl groups is 1. The number of amides is 3. The van der Waals surface area contributed by atoms with Crippen LogP contribution in [0.3, 0.4) is 0 Å². The Morgan fingerprint density at radius 2 is 1.64 bits per heavy atom. The molecule has 0 bridgehead atoms. The number of carbonyl (C=O) groups excluding carboxylic acids is 3. The number of carbonyl (C=O) groups is 3. The van der Waals surface area contributed by atoms with Gasteiger partial charge in [-0.15, -0.1) is 0 Å². The number of nitrogens with one attached hydrogen (secondary N) is 4. The lowest BCUT2D eigenvalue weighted by Gasteiger charge is -2.29. The summed E-state index contributed by atoms with van der Waals surface area (Å²) in [5, 5.41) is 21.3. The summed E-state index contributed by atoms with van der Waals surface area (Å²) in [6, 6.07) is 9.75. The zero-order valence-corrected chi connectivity index (χ0v) is 25.7. The van der Waals surface area contributed by atoms with Crippen molar-refractivity contribution in [3.63, 3.8) is 0 Å². The van der Waals surface area contributed by atoms with Crippen LogP contribution in [-0.2, 0) is 33.8 Å².